The fraction of sp³-hybridized carbons (Fsp3) is 0.0476. The van der Waals surface area contributed by atoms with Crippen molar-refractivity contribution in [2.45, 2.75) is 12.8 Å². The Labute approximate surface area is 267 Å². The van der Waals surface area contributed by atoms with Gasteiger partial charge in [0.15, 0.2) is 0 Å². The van der Waals surface area contributed by atoms with Gasteiger partial charge in [-0.25, -0.2) is 4.68 Å². The molecule has 0 unspecified atom stereocenters. The zero-order valence-corrected chi connectivity index (χ0v) is 25.1. The first-order valence-corrected chi connectivity index (χ1v) is 15.5. The lowest BCUT2D eigenvalue weighted by atomic mass is 10.0. The number of benzene rings is 6. The second-order valence-corrected chi connectivity index (χ2v) is 11.7. The highest BCUT2D eigenvalue weighted by Gasteiger charge is 2.39. The Hall–Kier alpha value is -6.00. The van der Waals surface area contributed by atoms with Crippen molar-refractivity contribution >= 4 is 22.6 Å². The molecule has 220 valence electrons. The van der Waals surface area contributed by atoms with Gasteiger partial charge in [0.25, 0.3) is 11.8 Å². The number of hydrogen-bond donors (Lipinski definition) is 0. The lowest BCUT2D eigenvalue weighted by molar-refractivity contribution is 0.0888. The van der Waals surface area contributed by atoms with Gasteiger partial charge in [0.05, 0.1) is 22.5 Å². The third kappa shape index (κ3) is 4.81. The van der Waals surface area contributed by atoms with E-state index in [4.69, 9.17) is 0 Å². The Kier molecular flexibility index (Phi) is 6.88. The van der Waals surface area contributed by atoms with E-state index in [0.29, 0.717) is 11.1 Å². The third-order valence-electron chi connectivity index (χ3n) is 8.79. The maximum Gasteiger partial charge on any atom is 0.281 e. The number of rotatable bonds is 7. The fourth-order valence-corrected chi connectivity index (χ4v) is 6.57. The highest BCUT2D eigenvalue weighted by Crippen LogP contribution is 2.41. The average Bonchev–Trinajstić information content (AvgIpc) is 3.57. The van der Waals surface area contributed by atoms with Crippen LogP contribution in [0.15, 0.2) is 158 Å². The van der Waals surface area contributed by atoms with Crippen molar-refractivity contribution in [1.82, 2.24) is 4.68 Å². The topological polar surface area (TPSA) is 42.3 Å². The van der Waals surface area contributed by atoms with E-state index in [9.17, 15) is 9.59 Å². The van der Waals surface area contributed by atoms with Crippen molar-refractivity contribution in [2.24, 2.45) is 0 Å². The van der Waals surface area contributed by atoms with Crippen molar-refractivity contribution in [2.75, 3.05) is 5.01 Å². The van der Waals surface area contributed by atoms with E-state index in [1.165, 1.54) is 27.3 Å². The van der Waals surface area contributed by atoms with Gasteiger partial charge in [-0.05, 0) is 47.2 Å². The minimum atomic E-state index is -0.329. The summed E-state index contributed by atoms with van der Waals surface area (Å²) >= 11 is 0. The Morgan fingerprint density at radius 1 is 0.370 bits per heavy atom. The SMILES string of the molecule is O=C1c2ccccc2C(=O)N1n1c(-c2ccc(Cc3ccccc3)cc2)c2ccccc2c1-c1ccc(Cc2ccccc2)cc1. The molecule has 46 heavy (non-hydrogen) atoms. The van der Waals surface area contributed by atoms with Crippen LogP contribution in [-0.4, -0.2) is 16.5 Å². The van der Waals surface area contributed by atoms with Gasteiger partial charge >= 0.3 is 0 Å². The van der Waals surface area contributed by atoms with Crippen LogP contribution in [0, 0.1) is 0 Å². The lowest BCUT2D eigenvalue weighted by Gasteiger charge is -2.23. The number of carbonyl (C=O) groups excluding carboxylic acids is 2. The van der Waals surface area contributed by atoms with E-state index in [1.807, 2.05) is 28.9 Å². The molecular weight excluding hydrogens is 564 g/mol. The normalized spacial score (nSPS) is 12.6. The van der Waals surface area contributed by atoms with Gasteiger partial charge < -0.3 is 0 Å². The largest absolute Gasteiger partial charge is 0.281 e. The highest BCUT2D eigenvalue weighted by atomic mass is 16.2. The molecule has 1 aromatic heterocycles. The first-order chi connectivity index (χ1) is 22.7. The fourth-order valence-electron chi connectivity index (χ4n) is 6.57. The number of aromatic nitrogens is 1. The average molecular weight is 595 g/mol. The summed E-state index contributed by atoms with van der Waals surface area (Å²) in [6.07, 6.45) is 1.64. The number of hydrogen-bond acceptors (Lipinski definition) is 2. The molecule has 0 spiro atoms. The van der Waals surface area contributed by atoms with E-state index in [0.717, 1.165) is 46.1 Å². The van der Waals surface area contributed by atoms with Crippen molar-refractivity contribution in [3.63, 3.8) is 0 Å². The van der Waals surface area contributed by atoms with Crippen molar-refractivity contribution in [3.05, 3.63) is 191 Å². The molecule has 0 bridgehead atoms. The highest BCUT2D eigenvalue weighted by molar-refractivity contribution is 6.31. The third-order valence-corrected chi connectivity index (χ3v) is 8.79. The molecule has 8 rings (SSSR count). The minimum absolute atomic E-state index is 0.329. The molecule has 1 aliphatic rings. The molecule has 0 aliphatic carbocycles. The van der Waals surface area contributed by atoms with Crippen molar-refractivity contribution in [1.29, 1.82) is 0 Å². The van der Waals surface area contributed by atoms with Crippen LogP contribution in [0.25, 0.3) is 33.3 Å². The number of fused-ring (bicyclic) bond motifs is 2. The van der Waals surface area contributed by atoms with Crippen LogP contribution >= 0.6 is 0 Å². The molecule has 0 fully saturated rings. The minimum Gasteiger partial charge on any atom is -0.267 e. The molecule has 0 atom stereocenters. The van der Waals surface area contributed by atoms with Gasteiger partial charge in [0.2, 0.25) is 0 Å². The molecule has 6 aromatic carbocycles. The second-order valence-electron chi connectivity index (χ2n) is 11.7. The number of amides is 2. The Morgan fingerprint density at radius 3 is 1.13 bits per heavy atom. The van der Waals surface area contributed by atoms with Gasteiger partial charge in [-0.2, -0.15) is 5.01 Å². The zero-order valence-electron chi connectivity index (χ0n) is 25.1. The van der Waals surface area contributed by atoms with Crippen LogP contribution in [-0.2, 0) is 12.8 Å². The summed E-state index contributed by atoms with van der Waals surface area (Å²) in [5, 5.41) is 3.27. The second kappa shape index (κ2) is 11.5. The molecule has 2 amide bonds. The summed E-state index contributed by atoms with van der Waals surface area (Å²) in [6.45, 7) is 0. The van der Waals surface area contributed by atoms with Crippen LogP contribution in [0.1, 0.15) is 43.0 Å². The quantitative estimate of drug-likeness (QED) is 0.173. The summed E-state index contributed by atoms with van der Waals surface area (Å²) in [6, 6.07) is 53.0. The summed E-state index contributed by atoms with van der Waals surface area (Å²) in [7, 11) is 0. The number of carbonyl (C=O) groups is 2. The van der Waals surface area contributed by atoms with E-state index < -0.39 is 0 Å². The van der Waals surface area contributed by atoms with Gasteiger partial charge in [-0.15, -0.1) is 0 Å². The molecule has 1 aliphatic heterocycles. The molecule has 0 saturated heterocycles. The molecule has 0 saturated carbocycles. The van der Waals surface area contributed by atoms with Gasteiger partial charge in [0.1, 0.15) is 0 Å². The maximum atomic E-state index is 14.1. The molecule has 0 radical (unpaired) electrons. The van der Waals surface area contributed by atoms with Crippen LogP contribution in [0.2, 0.25) is 0 Å². The van der Waals surface area contributed by atoms with Crippen LogP contribution in [0.3, 0.4) is 0 Å². The van der Waals surface area contributed by atoms with E-state index in [2.05, 4.69) is 109 Å². The summed E-state index contributed by atoms with van der Waals surface area (Å²) in [4.78, 5) is 28.1. The summed E-state index contributed by atoms with van der Waals surface area (Å²) in [5.74, 6) is -0.658. The predicted octanol–water partition coefficient (Wildman–Crippen LogP) is 9.09. The first-order valence-electron chi connectivity index (χ1n) is 15.5. The van der Waals surface area contributed by atoms with E-state index >= 15 is 0 Å². The molecule has 4 heteroatoms. The Bertz CT molecular complexity index is 2060. The Balaban J connectivity index is 1.30. The van der Waals surface area contributed by atoms with Crippen LogP contribution in [0.4, 0.5) is 0 Å². The molecule has 7 aromatic rings. The summed E-state index contributed by atoms with van der Waals surface area (Å²) < 4.78 is 1.85. The zero-order chi connectivity index (χ0) is 31.0. The molecule has 2 heterocycles. The Morgan fingerprint density at radius 2 is 0.717 bits per heavy atom. The van der Waals surface area contributed by atoms with Crippen LogP contribution < -0.4 is 5.01 Å². The van der Waals surface area contributed by atoms with Gasteiger partial charge in [-0.1, -0.05) is 146 Å². The monoisotopic (exact) mass is 594 g/mol. The van der Waals surface area contributed by atoms with Crippen molar-refractivity contribution < 1.29 is 9.59 Å². The smallest absolute Gasteiger partial charge is 0.267 e. The number of nitrogens with zero attached hydrogens (tertiary/aromatic N) is 2. The van der Waals surface area contributed by atoms with Gasteiger partial charge in [0, 0.05) is 21.9 Å². The van der Waals surface area contributed by atoms with Crippen molar-refractivity contribution in [3.8, 4) is 22.5 Å². The standard InChI is InChI=1S/C42H30N2O2/c45-41-37-17-9-10-18-38(37)42(46)44(41)43-39(33-23-19-31(20-24-33)27-29-11-3-1-4-12-29)35-15-7-8-16-36(35)40(43)34-25-21-32(22-26-34)28-30-13-5-2-6-14-30/h1-26H,27-28H2. The van der Waals surface area contributed by atoms with E-state index in [-0.39, 0.29) is 11.8 Å². The maximum absolute atomic E-state index is 14.1. The summed E-state index contributed by atoms with van der Waals surface area (Å²) in [5.41, 5.74) is 9.16. The number of imide groups is 1. The first kappa shape index (κ1) is 27.5. The predicted molar refractivity (Wildman–Crippen MR) is 185 cm³/mol. The van der Waals surface area contributed by atoms with E-state index in [1.54, 1.807) is 24.3 Å². The molecule has 0 N–H and O–H groups in total. The molecular formula is C42H30N2O2. The molecule has 4 nitrogen and oxygen atoms in total. The lowest BCUT2D eigenvalue weighted by Crippen LogP contribution is -2.40. The van der Waals surface area contributed by atoms with Crippen LogP contribution in [0.5, 0.6) is 0 Å². The van der Waals surface area contributed by atoms with Gasteiger partial charge in [-0.3, -0.25) is 9.59 Å².